The van der Waals surface area contributed by atoms with Gasteiger partial charge < -0.3 is 10.4 Å². The van der Waals surface area contributed by atoms with Crippen LogP contribution in [0.4, 0.5) is 10.2 Å². The number of nitrogens with zero attached hydrogens (tertiary/aromatic N) is 4. The van der Waals surface area contributed by atoms with E-state index in [4.69, 9.17) is 15.8 Å². The zero-order valence-electron chi connectivity index (χ0n) is 18.7. The Balaban J connectivity index is 1.51. The van der Waals surface area contributed by atoms with Gasteiger partial charge in [-0.3, -0.25) is 13.7 Å². The summed E-state index contributed by atoms with van der Waals surface area (Å²) < 4.78 is 47.2. The summed E-state index contributed by atoms with van der Waals surface area (Å²) in [5, 5.41) is 17.8. The molecular weight excluding hydrogens is 583 g/mol. The van der Waals surface area contributed by atoms with Gasteiger partial charge in [-0.25, -0.2) is 14.4 Å². The molecule has 192 valence electrons. The van der Waals surface area contributed by atoms with Crippen LogP contribution in [0.5, 0.6) is 0 Å². The molecule has 1 aliphatic rings. The largest absolute Gasteiger partial charge is 0.387 e. The smallest absolute Gasteiger partial charge is 0.335 e. The summed E-state index contributed by atoms with van der Waals surface area (Å²) in [6.45, 7) is 0.322. The summed E-state index contributed by atoms with van der Waals surface area (Å²) in [7, 11) is -3.01. The number of rotatable bonds is 9. The van der Waals surface area contributed by atoms with E-state index >= 15 is 0 Å². The molecule has 0 unspecified atom stereocenters. The lowest BCUT2D eigenvalue weighted by Gasteiger charge is -2.17. The minimum absolute atomic E-state index is 0.0107. The fourth-order valence-corrected chi connectivity index (χ4v) is 4.94. The highest BCUT2D eigenvalue weighted by atomic mass is 79.9. The summed E-state index contributed by atoms with van der Waals surface area (Å²) >= 11 is 9.64. The number of ketones is 1. The first-order valence-corrected chi connectivity index (χ1v) is 13.2. The summed E-state index contributed by atoms with van der Waals surface area (Å²) in [5.74, 6) is -0.506. The molecule has 0 amide bonds. The van der Waals surface area contributed by atoms with Gasteiger partial charge in [0.15, 0.2) is 0 Å². The van der Waals surface area contributed by atoms with E-state index in [2.05, 4.69) is 36.3 Å². The molecule has 2 heterocycles. The maximum Gasteiger partial charge on any atom is 0.335 e. The van der Waals surface area contributed by atoms with Crippen LogP contribution in [0.25, 0.3) is 0 Å². The van der Waals surface area contributed by atoms with Crippen molar-refractivity contribution in [1.29, 1.82) is 0 Å². The van der Waals surface area contributed by atoms with Crippen molar-refractivity contribution in [1.82, 2.24) is 24.5 Å². The van der Waals surface area contributed by atoms with E-state index in [1.165, 1.54) is 18.6 Å². The lowest BCUT2D eigenvalue weighted by molar-refractivity contribution is 0.0248. The Morgan fingerprint density at radius 3 is 2.92 bits per heavy atom. The number of aliphatic hydroxyl groups is 1. The monoisotopic (exact) mass is 602 g/mol. The summed E-state index contributed by atoms with van der Waals surface area (Å²) in [4.78, 5) is 21.1. The topological polar surface area (TPSA) is 148 Å². The fraction of sp³-hybridized carbons (Fsp3) is 0.333. The molecule has 1 saturated carbocycles. The van der Waals surface area contributed by atoms with Crippen molar-refractivity contribution in [3.05, 3.63) is 69.3 Å². The number of benzene rings is 1. The van der Waals surface area contributed by atoms with E-state index < -0.39 is 40.5 Å². The molecule has 0 aliphatic heterocycles. The quantitative estimate of drug-likeness (QED) is 0.313. The van der Waals surface area contributed by atoms with Gasteiger partial charge in [0.1, 0.15) is 36.2 Å². The molecule has 4 atom stereocenters. The van der Waals surface area contributed by atoms with Gasteiger partial charge in [-0.2, -0.15) is 18.2 Å². The van der Waals surface area contributed by atoms with Crippen molar-refractivity contribution < 1.29 is 26.9 Å². The summed E-state index contributed by atoms with van der Waals surface area (Å²) in [5.41, 5.74) is 0.921. The molecule has 1 aromatic carbocycles. The molecule has 0 spiro atoms. The van der Waals surface area contributed by atoms with Crippen molar-refractivity contribution in [3.63, 3.8) is 0 Å². The van der Waals surface area contributed by atoms with E-state index in [0.29, 0.717) is 11.6 Å². The second-order valence-corrected chi connectivity index (χ2v) is 10.8. The first-order chi connectivity index (χ1) is 17.1. The van der Waals surface area contributed by atoms with Gasteiger partial charge in [-0.05, 0) is 29.8 Å². The zero-order valence-corrected chi connectivity index (χ0v) is 21.8. The number of carbonyl (C=O) groups excluding carboxylic acids is 1. The van der Waals surface area contributed by atoms with Crippen LogP contribution in [0.2, 0.25) is 5.02 Å². The molecule has 3 N–H and O–H groups in total. The average molecular weight is 604 g/mol. The molecular formula is C21H21BrClFN6O5S. The van der Waals surface area contributed by atoms with Gasteiger partial charge in [0, 0.05) is 35.4 Å². The van der Waals surface area contributed by atoms with Crippen LogP contribution < -0.4 is 10.0 Å². The van der Waals surface area contributed by atoms with Gasteiger partial charge >= 0.3 is 10.3 Å². The molecule has 15 heteroatoms. The first-order valence-electron chi connectivity index (χ1n) is 10.6. The van der Waals surface area contributed by atoms with Crippen LogP contribution in [0, 0.1) is 0 Å². The number of nitrogens with one attached hydrogen (secondary N) is 2. The minimum Gasteiger partial charge on any atom is -0.387 e. The van der Waals surface area contributed by atoms with Crippen molar-refractivity contribution in [3.8, 4) is 0 Å². The van der Waals surface area contributed by atoms with E-state index in [0.717, 1.165) is 17.1 Å². The molecule has 0 saturated heterocycles. The third kappa shape index (κ3) is 5.90. The molecule has 1 aliphatic carbocycles. The molecule has 3 aromatic rings. The van der Waals surface area contributed by atoms with Gasteiger partial charge in [-0.15, -0.1) is 0 Å². The standard InChI is InChI=1S/C21H21BrClFN6O5S/c1-25-36(33,34)35-17-7-16(18(24)20(17)32)28-21-13(8-26-10-27-21)19(31)15-4-5-30(29-15)9-11-6-12(22)2-3-14(11)23/h2-6,8,10,16-18,20,25,32H,7,9H2,1H3,(H,26,27,28)/t16-,17-,18-,20-/m1/s1. The molecule has 1 fully saturated rings. The lowest BCUT2D eigenvalue weighted by Crippen LogP contribution is -2.35. The molecule has 4 rings (SSSR count). The number of halogens is 3. The number of carbonyl (C=O) groups is 1. The van der Waals surface area contributed by atoms with Gasteiger partial charge in [0.2, 0.25) is 5.78 Å². The highest BCUT2D eigenvalue weighted by molar-refractivity contribution is 9.10. The van der Waals surface area contributed by atoms with E-state index in [-0.39, 0.29) is 23.5 Å². The van der Waals surface area contributed by atoms with E-state index in [1.807, 2.05) is 16.9 Å². The van der Waals surface area contributed by atoms with E-state index in [9.17, 15) is 22.7 Å². The highest BCUT2D eigenvalue weighted by Crippen LogP contribution is 2.30. The van der Waals surface area contributed by atoms with Crippen LogP contribution in [-0.2, 0) is 21.0 Å². The number of anilines is 1. The Morgan fingerprint density at radius 2 is 2.17 bits per heavy atom. The zero-order chi connectivity index (χ0) is 26.0. The second-order valence-electron chi connectivity index (χ2n) is 7.96. The molecule has 0 radical (unpaired) electrons. The van der Waals surface area contributed by atoms with Gasteiger partial charge in [0.25, 0.3) is 0 Å². The summed E-state index contributed by atoms with van der Waals surface area (Å²) in [6, 6.07) is 5.86. The van der Waals surface area contributed by atoms with Crippen molar-refractivity contribution in [2.24, 2.45) is 0 Å². The number of aromatic nitrogens is 4. The first kappa shape index (κ1) is 26.6. The molecule has 2 aromatic heterocycles. The predicted octanol–water partition coefficient (Wildman–Crippen LogP) is 2.10. The number of hydrogen-bond acceptors (Lipinski definition) is 9. The minimum atomic E-state index is -4.14. The number of hydrogen-bond donors (Lipinski definition) is 3. The Kier molecular flexibility index (Phi) is 8.02. The van der Waals surface area contributed by atoms with Crippen molar-refractivity contribution >= 4 is 49.4 Å². The summed E-state index contributed by atoms with van der Waals surface area (Å²) in [6.07, 6.45) is -1.04. The highest BCUT2D eigenvalue weighted by Gasteiger charge is 2.46. The SMILES string of the molecule is CNS(=O)(=O)O[C@@H]1C[C@@H](Nc2ncncc2C(=O)c2ccn(Cc3cc(Br)ccc3Cl)n2)[C@@H](F)[C@@H]1O. The third-order valence-corrected chi connectivity index (χ3v) is 7.43. The van der Waals surface area contributed by atoms with Gasteiger partial charge in [0.05, 0.1) is 18.2 Å². The van der Waals surface area contributed by atoms with Crippen LogP contribution in [-0.4, -0.2) is 70.5 Å². The average Bonchev–Trinajstić information content (AvgIpc) is 3.42. The Morgan fingerprint density at radius 1 is 1.39 bits per heavy atom. The Labute approximate surface area is 219 Å². The Bertz CT molecular complexity index is 1380. The molecule has 11 nitrogen and oxygen atoms in total. The Hall–Kier alpha value is -2.49. The molecule has 0 bridgehead atoms. The second kappa shape index (κ2) is 10.9. The third-order valence-electron chi connectivity index (χ3n) is 5.57. The molecule has 36 heavy (non-hydrogen) atoms. The maximum atomic E-state index is 14.8. The van der Waals surface area contributed by atoms with Crippen LogP contribution in [0.1, 0.15) is 28.0 Å². The lowest BCUT2D eigenvalue weighted by atomic mass is 10.1. The number of alkyl halides is 1. The van der Waals surface area contributed by atoms with Crippen LogP contribution in [0.3, 0.4) is 0 Å². The normalized spacial score (nSPS) is 22.0. The fourth-order valence-electron chi connectivity index (χ4n) is 3.74. The van der Waals surface area contributed by atoms with Crippen molar-refractivity contribution in [2.45, 2.75) is 37.4 Å². The predicted molar refractivity (Wildman–Crippen MR) is 132 cm³/mol. The van der Waals surface area contributed by atoms with Crippen LogP contribution in [0.15, 0.2) is 47.5 Å². The van der Waals surface area contributed by atoms with Crippen molar-refractivity contribution in [2.75, 3.05) is 12.4 Å². The van der Waals surface area contributed by atoms with E-state index in [1.54, 1.807) is 16.9 Å². The number of aliphatic hydroxyl groups excluding tert-OH is 1. The maximum absolute atomic E-state index is 14.8. The van der Waals surface area contributed by atoms with Crippen LogP contribution >= 0.6 is 27.5 Å². The van der Waals surface area contributed by atoms with Gasteiger partial charge in [-0.1, -0.05) is 27.5 Å².